The molecule has 1 unspecified atom stereocenters. The van der Waals surface area contributed by atoms with Crippen LogP contribution in [-0.2, 0) is 4.79 Å². The summed E-state index contributed by atoms with van der Waals surface area (Å²) in [6, 6.07) is 5.80. The number of nitrogens with zero attached hydrogens (tertiary/aromatic N) is 2. The van der Waals surface area contributed by atoms with Crippen LogP contribution in [-0.4, -0.2) is 17.9 Å². The summed E-state index contributed by atoms with van der Waals surface area (Å²) in [6.07, 6.45) is 0. The van der Waals surface area contributed by atoms with E-state index in [1.165, 1.54) is 32.2 Å². The van der Waals surface area contributed by atoms with E-state index in [1.807, 2.05) is 0 Å². The van der Waals surface area contributed by atoms with Gasteiger partial charge in [-0.3, -0.25) is 14.9 Å². The molecule has 0 aromatic heterocycles. The van der Waals surface area contributed by atoms with E-state index >= 15 is 0 Å². The summed E-state index contributed by atoms with van der Waals surface area (Å²) in [6.45, 7) is 1.44. The van der Waals surface area contributed by atoms with Gasteiger partial charge in [-0.25, -0.2) is 0 Å². The lowest BCUT2D eigenvalue weighted by Crippen LogP contribution is -2.18. The number of hydrogen-bond donors (Lipinski definition) is 1. The van der Waals surface area contributed by atoms with Crippen LogP contribution in [0.15, 0.2) is 18.2 Å². The maximum Gasteiger partial charge on any atom is 0.312 e. The zero-order valence-corrected chi connectivity index (χ0v) is 9.84. The molecule has 1 aromatic rings. The Morgan fingerprint density at radius 2 is 2.28 bits per heavy atom. The number of carbonyl (C=O) groups is 1. The third kappa shape index (κ3) is 2.95. The predicted molar refractivity (Wildman–Crippen MR) is 63.1 cm³/mol. The van der Waals surface area contributed by atoms with Crippen LogP contribution < -0.4 is 10.1 Å². The number of nitro benzene ring substituents is 1. The number of methoxy groups -OCH3 is 1. The molecule has 0 saturated heterocycles. The van der Waals surface area contributed by atoms with Gasteiger partial charge in [0.05, 0.1) is 18.1 Å². The van der Waals surface area contributed by atoms with E-state index in [9.17, 15) is 14.9 Å². The highest BCUT2D eigenvalue weighted by molar-refractivity contribution is 5.94. The van der Waals surface area contributed by atoms with Crippen molar-refractivity contribution in [2.24, 2.45) is 5.92 Å². The Bertz CT molecular complexity index is 522. The number of carbonyl (C=O) groups excluding carboxylic acids is 1. The number of anilines is 1. The van der Waals surface area contributed by atoms with Gasteiger partial charge >= 0.3 is 5.69 Å². The van der Waals surface area contributed by atoms with Gasteiger partial charge in [0.1, 0.15) is 5.92 Å². The van der Waals surface area contributed by atoms with Crippen LogP contribution in [0.5, 0.6) is 5.75 Å². The Hall–Kier alpha value is -2.62. The highest BCUT2D eigenvalue weighted by atomic mass is 16.6. The summed E-state index contributed by atoms with van der Waals surface area (Å²) in [4.78, 5) is 21.6. The van der Waals surface area contributed by atoms with Crippen molar-refractivity contribution in [3.8, 4) is 11.8 Å². The van der Waals surface area contributed by atoms with Crippen molar-refractivity contribution in [1.82, 2.24) is 0 Å². The minimum Gasteiger partial charge on any atom is -0.490 e. The largest absolute Gasteiger partial charge is 0.490 e. The van der Waals surface area contributed by atoms with Crippen molar-refractivity contribution in [3.05, 3.63) is 28.3 Å². The van der Waals surface area contributed by atoms with Crippen molar-refractivity contribution in [1.29, 1.82) is 5.26 Å². The van der Waals surface area contributed by atoms with E-state index in [0.717, 1.165) is 0 Å². The molecule has 1 aromatic carbocycles. The first-order chi connectivity index (χ1) is 8.49. The number of nitrogens with one attached hydrogen (secondary N) is 1. The Morgan fingerprint density at radius 3 is 2.78 bits per heavy atom. The summed E-state index contributed by atoms with van der Waals surface area (Å²) in [7, 11) is 1.32. The molecule has 1 amide bonds. The Morgan fingerprint density at radius 1 is 1.61 bits per heavy atom. The van der Waals surface area contributed by atoms with Gasteiger partial charge < -0.3 is 10.1 Å². The molecule has 94 valence electrons. The van der Waals surface area contributed by atoms with Crippen LogP contribution in [0, 0.1) is 27.4 Å². The van der Waals surface area contributed by atoms with E-state index in [0.29, 0.717) is 0 Å². The van der Waals surface area contributed by atoms with Crippen molar-refractivity contribution in [2.75, 3.05) is 12.4 Å². The minimum absolute atomic E-state index is 0.103. The molecule has 18 heavy (non-hydrogen) atoms. The fourth-order valence-corrected chi connectivity index (χ4v) is 1.22. The SMILES string of the molecule is COc1ccc(NC(=O)C(C)C#N)cc1[N+](=O)[O-]. The van der Waals surface area contributed by atoms with Crippen LogP contribution >= 0.6 is 0 Å². The van der Waals surface area contributed by atoms with Crippen molar-refractivity contribution in [3.63, 3.8) is 0 Å². The summed E-state index contributed by atoms with van der Waals surface area (Å²) in [5, 5.41) is 21.8. The van der Waals surface area contributed by atoms with Gasteiger partial charge in [-0.1, -0.05) is 0 Å². The zero-order chi connectivity index (χ0) is 13.7. The van der Waals surface area contributed by atoms with E-state index in [-0.39, 0.29) is 17.1 Å². The molecular formula is C11H11N3O4. The molecule has 1 atom stereocenters. The summed E-state index contributed by atoms with van der Waals surface area (Å²) < 4.78 is 4.83. The quantitative estimate of drug-likeness (QED) is 0.645. The summed E-state index contributed by atoms with van der Waals surface area (Å²) >= 11 is 0. The summed E-state index contributed by atoms with van der Waals surface area (Å²) in [5.74, 6) is -1.24. The minimum atomic E-state index is -0.828. The van der Waals surface area contributed by atoms with Gasteiger partial charge in [-0.2, -0.15) is 5.26 Å². The average molecular weight is 249 g/mol. The molecule has 0 spiro atoms. The van der Waals surface area contributed by atoms with Crippen molar-refractivity contribution >= 4 is 17.3 Å². The molecule has 0 fully saturated rings. The van der Waals surface area contributed by atoms with Gasteiger partial charge in [-0.15, -0.1) is 0 Å². The number of nitro groups is 1. The Labute approximate surface area is 103 Å². The maximum absolute atomic E-state index is 11.4. The Kier molecular flexibility index (Phi) is 4.21. The molecule has 0 bridgehead atoms. The highest BCUT2D eigenvalue weighted by Crippen LogP contribution is 2.29. The van der Waals surface area contributed by atoms with E-state index in [1.54, 1.807) is 6.07 Å². The van der Waals surface area contributed by atoms with E-state index in [2.05, 4.69) is 5.32 Å². The van der Waals surface area contributed by atoms with Gasteiger partial charge in [0.15, 0.2) is 5.75 Å². The summed E-state index contributed by atoms with van der Waals surface area (Å²) in [5.41, 5.74) is -0.00508. The molecule has 0 radical (unpaired) electrons. The molecule has 7 heteroatoms. The van der Waals surface area contributed by atoms with Crippen LogP contribution in [0.25, 0.3) is 0 Å². The number of nitriles is 1. The molecule has 7 nitrogen and oxygen atoms in total. The number of ether oxygens (including phenoxy) is 1. The maximum atomic E-state index is 11.4. The second kappa shape index (κ2) is 5.63. The van der Waals surface area contributed by atoms with Crippen LogP contribution in [0.2, 0.25) is 0 Å². The second-order valence-electron chi connectivity index (χ2n) is 3.48. The average Bonchev–Trinajstić information content (AvgIpc) is 2.37. The predicted octanol–water partition coefficient (Wildman–Crippen LogP) is 1.70. The molecule has 1 rings (SSSR count). The van der Waals surface area contributed by atoms with Gasteiger partial charge in [-0.05, 0) is 19.1 Å². The molecule has 0 aliphatic heterocycles. The zero-order valence-electron chi connectivity index (χ0n) is 9.84. The van der Waals surface area contributed by atoms with Crippen molar-refractivity contribution in [2.45, 2.75) is 6.92 Å². The van der Waals surface area contributed by atoms with Gasteiger partial charge in [0.25, 0.3) is 0 Å². The standard InChI is InChI=1S/C11H11N3O4/c1-7(6-12)11(15)13-8-3-4-10(18-2)9(5-8)14(16)17/h3-5,7H,1-2H3,(H,13,15). The lowest BCUT2D eigenvalue weighted by atomic mass is 10.2. The molecule has 1 N–H and O–H groups in total. The molecule has 0 aliphatic rings. The van der Waals surface area contributed by atoms with Gasteiger partial charge in [0.2, 0.25) is 5.91 Å². The number of hydrogen-bond acceptors (Lipinski definition) is 5. The first-order valence-electron chi connectivity index (χ1n) is 5.02. The topological polar surface area (TPSA) is 105 Å². The van der Waals surface area contributed by atoms with E-state index < -0.39 is 16.7 Å². The van der Waals surface area contributed by atoms with Gasteiger partial charge in [0, 0.05) is 11.8 Å². The fourth-order valence-electron chi connectivity index (χ4n) is 1.22. The molecule has 0 aliphatic carbocycles. The molecule has 0 heterocycles. The first-order valence-corrected chi connectivity index (χ1v) is 5.02. The number of rotatable bonds is 4. The molecular weight excluding hydrogens is 238 g/mol. The first kappa shape index (κ1) is 13.4. The fraction of sp³-hybridized carbons (Fsp3) is 0.273. The number of amides is 1. The number of benzene rings is 1. The smallest absolute Gasteiger partial charge is 0.312 e. The highest BCUT2D eigenvalue weighted by Gasteiger charge is 2.17. The van der Waals surface area contributed by atoms with Crippen LogP contribution in [0.1, 0.15) is 6.92 Å². The Balaban J connectivity index is 2.99. The second-order valence-corrected chi connectivity index (χ2v) is 3.48. The van der Waals surface area contributed by atoms with Crippen molar-refractivity contribution < 1.29 is 14.5 Å². The van der Waals surface area contributed by atoms with Crippen LogP contribution in [0.4, 0.5) is 11.4 Å². The normalized spacial score (nSPS) is 11.2. The third-order valence-electron chi connectivity index (χ3n) is 2.23. The monoisotopic (exact) mass is 249 g/mol. The third-order valence-corrected chi connectivity index (χ3v) is 2.23. The van der Waals surface area contributed by atoms with E-state index in [4.69, 9.17) is 10.00 Å². The lowest BCUT2D eigenvalue weighted by molar-refractivity contribution is -0.385. The van der Waals surface area contributed by atoms with Crippen LogP contribution in [0.3, 0.4) is 0 Å². The lowest BCUT2D eigenvalue weighted by Gasteiger charge is -2.07. The molecule has 0 saturated carbocycles.